The second-order valence-corrected chi connectivity index (χ2v) is 4.94. The van der Waals surface area contributed by atoms with Crippen molar-refractivity contribution < 1.29 is 4.79 Å². The minimum Gasteiger partial charge on any atom is -0.385 e. The molecule has 18 heavy (non-hydrogen) atoms. The molecule has 0 aromatic carbocycles. The first-order valence-electron chi connectivity index (χ1n) is 6.71. The first-order chi connectivity index (χ1) is 8.72. The van der Waals surface area contributed by atoms with Gasteiger partial charge in [0.15, 0.2) is 0 Å². The minimum absolute atomic E-state index is 0.0159. The van der Waals surface area contributed by atoms with Gasteiger partial charge in [-0.25, -0.2) is 0 Å². The molecule has 0 saturated heterocycles. The van der Waals surface area contributed by atoms with Crippen LogP contribution < -0.4 is 10.6 Å². The van der Waals surface area contributed by atoms with E-state index in [2.05, 4.69) is 22.5 Å². The van der Waals surface area contributed by atoms with Crippen molar-refractivity contribution in [3.8, 4) is 0 Å². The van der Waals surface area contributed by atoms with E-state index in [4.69, 9.17) is 0 Å². The Morgan fingerprint density at radius 2 is 2.33 bits per heavy atom. The highest BCUT2D eigenvalue weighted by atomic mass is 16.1. The molecule has 4 nitrogen and oxygen atoms in total. The molecule has 2 rings (SSSR count). The van der Waals surface area contributed by atoms with Crippen LogP contribution in [0.1, 0.15) is 43.5 Å². The van der Waals surface area contributed by atoms with Gasteiger partial charge in [-0.1, -0.05) is 13.3 Å². The molecule has 1 saturated carbocycles. The van der Waals surface area contributed by atoms with E-state index in [-0.39, 0.29) is 5.91 Å². The van der Waals surface area contributed by atoms with Crippen molar-refractivity contribution in [3.05, 3.63) is 24.0 Å². The molecule has 2 N–H and O–H groups in total. The number of nitrogens with zero attached hydrogens (tertiary/aromatic N) is 1. The second kappa shape index (κ2) is 5.85. The Balaban J connectivity index is 2.08. The lowest BCUT2D eigenvalue weighted by molar-refractivity contribution is 0.0930. The molecule has 1 aromatic rings. The fourth-order valence-corrected chi connectivity index (χ4v) is 2.53. The van der Waals surface area contributed by atoms with Crippen molar-refractivity contribution in [2.45, 2.75) is 39.2 Å². The Bertz CT molecular complexity index is 419. The van der Waals surface area contributed by atoms with Gasteiger partial charge < -0.3 is 10.6 Å². The quantitative estimate of drug-likeness (QED) is 0.859. The summed E-state index contributed by atoms with van der Waals surface area (Å²) < 4.78 is 0. The van der Waals surface area contributed by atoms with Crippen LogP contribution >= 0.6 is 0 Å². The molecule has 0 bridgehead atoms. The van der Waals surface area contributed by atoms with Gasteiger partial charge in [0.25, 0.3) is 5.91 Å². The van der Waals surface area contributed by atoms with Gasteiger partial charge in [-0.05, 0) is 31.7 Å². The number of hydrogen-bond acceptors (Lipinski definition) is 3. The van der Waals surface area contributed by atoms with E-state index in [1.807, 2.05) is 13.0 Å². The lowest BCUT2D eigenvalue weighted by Crippen LogP contribution is -2.36. The molecular formula is C14H21N3O. The van der Waals surface area contributed by atoms with E-state index in [9.17, 15) is 4.79 Å². The molecule has 2 atom stereocenters. The van der Waals surface area contributed by atoms with Gasteiger partial charge in [0.05, 0.1) is 11.3 Å². The molecule has 0 aliphatic heterocycles. The highest BCUT2D eigenvalue weighted by molar-refractivity contribution is 5.99. The van der Waals surface area contributed by atoms with Crippen LogP contribution in [0.15, 0.2) is 18.5 Å². The Morgan fingerprint density at radius 1 is 1.50 bits per heavy atom. The summed E-state index contributed by atoms with van der Waals surface area (Å²) in [5, 5.41) is 6.32. The number of amides is 1. The van der Waals surface area contributed by atoms with Crippen LogP contribution in [0.3, 0.4) is 0 Å². The highest BCUT2D eigenvalue weighted by Gasteiger charge is 2.25. The molecule has 1 heterocycles. The Morgan fingerprint density at radius 3 is 3.00 bits per heavy atom. The van der Waals surface area contributed by atoms with E-state index in [0.29, 0.717) is 17.5 Å². The summed E-state index contributed by atoms with van der Waals surface area (Å²) in [4.78, 5) is 16.3. The largest absolute Gasteiger partial charge is 0.385 e. The number of carbonyl (C=O) groups excluding carboxylic acids is 1. The molecule has 1 aliphatic rings. The van der Waals surface area contributed by atoms with Gasteiger partial charge >= 0.3 is 0 Å². The van der Waals surface area contributed by atoms with Gasteiger partial charge in [-0.3, -0.25) is 9.78 Å². The summed E-state index contributed by atoms with van der Waals surface area (Å²) in [7, 11) is 0. The number of anilines is 1. The average molecular weight is 247 g/mol. The lowest BCUT2D eigenvalue weighted by Gasteiger charge is -2.18. The monoisotopic (exact) mass is 247 g/mol. The van der Waals surface area contributed by atoms with E-state index < -0.39 is 0 Å². The molecule has 4 heteroatoms. The lowest BCUT2D eigenvalue weighted by atomic mass is 10.1. The van der Waals surface area contributed by atoms with E-state index in [1.165, 1.54) is 12.8 Å². The van der Waals surface area contributed by atoms with Crippen molar-refractivity contribution in [2.24, 2.45) is 5.92 Å². The van der Waals surface area contributed by atoms with Crippen molar-refractivity contribution in [1.29, 1.82) is 0 Å². The summed E-state index contributed by atoms with van der Waals surface area (Å²) in [5.41, 5.74) is 1.49. The summed E-state index contributed by atoms with van der Waals surface area (Å²) in [6, 6.07) is 2.16. The first-order valence-corrected chi connectivity index (χ1v) is 6.71. The van der Waals surface area contributed by atoms with Crippen LogP contribution in [0.4, 0.5) is 5.69 Å². The van der Waals surface area contributed by atoms with Gasteiger partial charge in [-0.2, -0.15) is 0 Å². The Hall–Kier alpha value is -1.58. The number of nitrogens with one attached hydrogen (secondary N) is 2. The molecule has 98 valence electrons. The fraction of sp³-hybridized carbons (Fsp3) is 0.571. The van der Waals surface area contributed by atoms with E-state index >= 15 is 0 Å². The summed E-state index contributed by atoms with van der Waals surface area (Å²) >= 11 is 0. The number of aromatic nitrogens is 1. The predicted molar refractivity (Wildman–Crippen MR) is 72.7 cm³/mol. The number of carbonyl (C=O) groups is 1. The molecule has 1 aliphatic carbocycles. The fourth-order valence-electron chi connectivity index (χ4n) is 2.53. The normalized spacial score (nSPS) is 22.8. The molecular weight excluding hydrogens is 226 g/mol. The topological polar surface area (TPSA) is 54.0 Å². The van der Waals surface area contributed by atoms with Crippen LogP contribution in [0.25, 0.3) is 0 Å². The van der Waals surface area contributed by atoms with E-state index in [0.717, 1.165) is 18.7 Å². The van der Waals surface area contributed by atoms with Crippen molar-refractivity contribution >= 4 is 11.6 Å². The summed E-state index contributed by atoms with van der Waals surface area (Å²) in [5.74, 6) is 0.561. The van der Waals surface area contributed by atoms with Gasteiger partial charge in [0.1, 0.15) is 0 Å². The highest BCUT2D eigenvalue weighted by Crippen LogP contribution is 2.25. The van der Waals surface area contributed by atoms with Crippen LogP contribution in [0.5, 0.6) is 0 Å². The van der Waals surface area contributed by atoms with Gasteiger partial charge in [0, 0.05) is 25.0 Å². The van der Waals surface area contributed by atoms with Crippen LogP contribution in [-0.2, 0) is 0 Å². The third-order valence-electron chi connectivity index (χ3n) is 3.61. The molecule has 0 spiro atoms. The molecule has 1 aromatic heterocycles. The maximum atomic E-state index is 12.3. The van der Waals surface area contributed by atoms with Crippen LogP contribution in [-0.4, -0.2) is 23.5 Å². The molecule has 1 amide bonds. The van der Waals surface area contributed by atoms with Crippen molar-refractivity contribution in [3.63, 3.8) is 0 Å². The molecule has 2 unspecified atom stereocenters. The number of pyridine rings is 1. The number of hydrogen-bond donors (Lipinski definition) is 2. The zero-order chi connectivity index (χ0) is 13.0. The zero-order valence-electron chi connectivity index (χ0n) is 11.1. The van der Waals surface area contributed by atoms with E-state index in [1.54, 1.807) is 12.4 Å². The third-order valence-corrected chi connectivity index (χ3v) is 3.61. The average Bonchev–Trinajstić information content (AvgIpc) is 2.76. The predicted octanol–water partition coefficient (Wildman–Crippen LogP) is 2.43. The first kappa shape index (κ1) is 12.9. The van der Waals surface area contributed by atoms with Crippen molar-refractivity contribution in [2.75, 3.05) is 11.9 Å². The SMILES string of the molecule is CCNc1ccncc1C(=O)NC1CCCC1C. The maximum absolute atomic E-state index is 12.3. The Kier molecular flexibility index (Phi) is 4.18. The molecule has 0 radical (unpaired) electrons. The van der Waals surface area contributed by atoms with Crippen LogP contribution in [0.2, 0.25) is 0 Å². The number of rotatable bonds is 4. The Labute approximate surface area is 108 Å². The van der Waals surface area contributed by atoms with Gasteiger partial charge in [-0.15, -0.1) is 0 Å². The summed E-state index contributed by atoms with van der Waals surface area (Å²) in [6.45, 7) is 5.01. The van der Waals surface area contributed by atoms with Crippen molar-refractivity contribution in [1.82, 2.24) is 10.3 Å². The maximum Gasteiger partial charge on any atom is 0.255 e. The van der Waals surface area contributed by atoms with Crippen LogP contribution in [0, 0.1) is 5.92 Å². The minimum atomic E-state index is -0.0159. The zero-order valence-corrected chi connectivity index (χ0v) is 11.1. The smallest absolute Gasteiger partial charge is 0.255 e. The standard InChI is InChI=1S/C14H21N3O/c1-3-16-13-7-8-15-9-11(13)14(18)17-12-6-4-5-10(12)2/h7-10,12H,3-6H2,1-2H3,(H,15,16)(H,17,18). The summed E-state index contributed by atoms with van der Waals surface area (Å²) in [6.07, 6.45) is 6.83. The molecule has 1 fully saturated rings. The second-order valence-electron chi connectivity index (χ2n) is 4.94. The third kappa shape index (κ3) is 2.81. The van der Waals surface area contributed by atoms with Gasteiger partial charge in [0.2, 0.25) is 0 Å².